The van der Waals surface area contributed by atoms with E-state index in [2.05, 4.69) is 5.16 Å². The fourth-order valence-corrected chi connectivity index (χ4v) is 2.29. The summed E-state index contributed by atoms with van der Waals surface area (Å²) in [6, 6.07) is 4.62. The molecule has 6 nitrogen and oxygen atoms in total. The number of nitrogens with zero attached hydrogens (tertiary/aromatic N) is 1. The topological polar surface area (TPSA) is 81.8 Å². The van der Waals surface area contributed by atoms with E-state index in [1.54, 1.807) is 12.1 Å². The van der Waals surface area contributed by atoms with Gasteiger partial charge in [0.2, 0.25) is 0 Å². The SMILES string of the molecule is CC1(C)COc2cc(Cl)c(-c3cc(C(=O)O)no3)cc2OC1. The highest BCUT2D eigenvalue weighted by Gasteiger charge is 2.27. The lowest BCUT2D eigenvalue weighted by molar-refractivity contribution is 0.0686. The minimum Gasteiger partial charge on any atom is -0.489 e. The van der Waals surface area contributed by atoms with Crippen molar-refractivity contribution < 1.29 is 23.9 Å². The first kappa shape index (κ1) is 14.7. The monoisotopic (exact) mass is 323 g/mol. The van der Waals surface area contributed by atoms with Crippen molar-refractivity contribution in [2.75, 3.05) is 13.2 Å². The van der Waals surface area contributed by atoms with Crippen LogP contribution in [0.4, 0.5) is 0 Å². The second kappa shape index (κ2) is 5.21. The van der Waals surface area contributed by atoms with E-state index in [1.807, 2.05) is 13.8 Å². The van der Waals surface area contributed by atoms with Crippen molar-refractivity contribution in [3.63, 3.8) is 0 Å². The van der Waals surface area contributed by atoms with E-state index in [0.717, 1.165) is 0 Å². The first-order valence-electron chi connectivity index (χ1n) is 6.65. The summed E-state index contributed by atoms with van der Waals surface area (Å²) in [7, 11) is 0. The Labute approximate surface area is 131 Å². The Bertz CT molecular complexity index is 738. The fourth-order valence-electron chi connectivity index (χ4n) is 2.04. The summed E-state index contributed by atoms with van der Waals surface area (Å²) >= 11 is 6.24. The number of hydrogen-bond donors (Lipinski definition) is 1. The third-order valence-electron chi connectivity index (χ3n) is 3.26. The van der Waals surface area contributed by atoms with Crippen LogP contribution in [0.5, 0.6) is 11.5 Å². The molecule has 3 rings (SSSR count). The van der Waals surface area contributed by atoms with Gasteiger partial charge in [0.1, 0.15) is 0 Å². The lowest BCUT2D eigenvalue weighted by atomic mass is 9.97. The molecule has 0 bridgehead atoms. The summed E-state index contributed by atoms with van der Waals surface area (Å²) in [6.45, 7) is 5.09. The average molecular weight is 324 g/mol. The van der Waals surface area contributed by atoms with E-state index in [4.69, 9.17) is 30.7 Å². The molecule has 0 radical (unpaired) electrons. The van der Waals surface area contributed by atoms with Crippen molar-refractivity contribution in [1.82, 2.24) is 5.16 Å². The highest BCUT2D eigenvalue weighted by molar-refractivity contribution is 6.33. The summed E-state index contributed by atoms with van der Waals surface area (Å²) in [5, 5.41) is 12.8. The van der Waals surface area contributed by atoms with Gasteiger partial charge in [-0.15, -0.1) is 0 Å². The number of hydrogen-bond acceptors (Lipinski definition) is 5. The first-order chi connectivity index (χ1) is 10.4. The molecule has 7 heteroatoms. The van der Waals surface area contributed by atoms with Crippen LogP contribution >= 0.6 is 11.6 Å². The number of rotatable bonds is 2. The van der Waals surface area contributed by atoms with Crippen molar-refractivity contribution in [3.05, 3.63) is 28.9 Å². The molecule has 0 amide bonds. The van der Waals surface area contributed by atoms with E-state index in [0.29, 0.717) is 35.3 Å². The second-order valence-electron chi connectivity index (χ2n) is 5.90. The predicted molar refractivity (Wildman–Crippen MR) is 78.7 cm³/mol. The summed E-state index contributed by atoms with van der Waals surface area (Å²) < 4.78 is 16.5. The number of aromatic carboxylic acids is 1. The molecule has 0 spiro atoms. The molecule has 1 aromatic carbocycles. The number of aromatic nitrogens is 1. The fraction of sp³-hybridized carbons (Fsp3) is 0.333. The van der Waals surface area contributed by atoms with Crippen LogP contribution in [0.3, 0.4) is 0 Å². The van der Waals surface area contributed by atoms with Gasteiger partial charge in [0.15, 0.2) is 23.0 Å². The molecule has 1 N–H and O–H groups in total. The maximum absolute atomic E-state index is 10.9. The Kier molecular flexibility index (Phi) is 3.48. The van der Waals surface area contributed by atoms with Crippen molar-refractivity contribution >= 4 is 17.6 Å². The maximum atomic E-state index is 10.9. The highest BCUT2D eigenvalue weighted by atomic mass is 35.5. The maximum Gasteiger partial charge on any atom is 0.358 e. The molecule has 116 valence electrons. The van der Waals surface area contributed by atoms with Gasteiger partial charge in [0.05, 0.1) is 18.2 Å². The molecule has 0 saturated carbocycles. The largest absolute Gasteiger partial charge is 0.489 e. The number of carboxylic acids is 1. The van der Waals surface area contributed by atoms with Gasteiger partial charge in [-0.25, -0.2) is 4.79 Å². The summed E-state index contributed by atoms with van der Waals surface area (Å²) in [6.07, 6.45) is 0. The van der Waals surface area contributed by atoms with Crippen LogP contribution in [-0.2, 0) is 0 Å². The highest BCUT2D eigenvalue weighted by Crippen LogP contribution is 2.41. The number of carbonyl (C=O) groups is 1. The third-order valence-corrected chi connectivity index (χ3v) is 3.58. The Balaban J connectivity index is 2.00. The Morgan fingerprint density at radius 3 is 2.45 bits per heavy atom. The van der Waals surface area contributed by atoms with Crippen LogP contribution < -0.4 is 9.47 Å². The molecule has 1 aromatic heterocycles. The molecular formula is C15H14ClNO5. The second-order valence-corrected chi connectivity index (χ2v) is 6.31. The summed E-state index contributed by atoms with van der Waals surface area (Å²) in [5.74, 6) is 0.190. The van der Waals surface area contributed by atoms with Crippen LogP contribution in [0.2, 0.25) is 5.02 Å². The van der Waals surface area contributed by atoms with Gasteiger partial charge in [-0.2, -0.15) is 0 Å². The van der Waals surface area contributed by atoms with Crippen LogP contribution in [0.1, 0.15) is 24.3 Å². The molecule has 0 unspecified atom stereocenters. The van der Waals surface area contributed by atoms with Gasteiger partial charge >= 0.3 is 5.97 Å². The zero-order valence-electron chi connectivity index (χ0n) is 12.1. The zero-order chi connectivity index (χ0) is 15.9. The smallest absolute Gasteiger partial charge is 0.358 e. The number of benzene rings is 1. The van der Waals surface area contributed by atoms with Gasteiger partial charge < -0.3 is 19.1 Å². The van der Waals surface area contributed by atoms with Crippen molar-refractivity contribution in [2.24, 2.45) is 5.41 Å². The number of carboxylic acid groups (broad SMARTS) is 1. The van der Waals surface area contributed by atoms with Gasteiger partial charge in [0, 0.05) is 23.1 Å². The molecule has 0 atom stereocenters. The van der Waals surface area contributed by atoms with Crippen molar-refractivity contribution in [1.29, 1.82) is 0 Å². The lowest BCUT2D eigenvalue weighted by Crippen LogP contribution is -2.26. The average Bonchev–Trinajstić information content (AvgIpc) is 2.88. The normalized spacial score (nSPS) is 16.1. The Hall–Kier alpha value is -2.21. The van der Waals surface area contributed by atoms with Crippen molar-refractivity contribution in [2.45, 2.75) is 13.8 Å². The first-order valence-corrected chi connectivity index (χ1v) is 7.03. The van der Waals surface area contributed by atoms with E-state index in [9.17, 15) is 4.79 Å². The molecule has 2 aromatic rings. The minimum atomic E-state index is -1.16. The molecular weight excluding hydrogens is 310 g/mol. The third kappa shape index (κ3) is 2.74. The molecule has 1 aliphatic rings. The predicted octanol–water partition coefficient (Wildman–Crippen LogP) is 3.49. The summed E-state index contributed by atoms with van der Waals surface area (Å²) in [4.78, 5) is 10.9. The standard InChI is InChI=1S/C15H14ClNO5/c1-15(2)6-20-12-3-8(9(16)4-13(12)21-7-15)11-5-10(14(18)19)17-22-11/h3-5H,6-7H2,1-2H3,(H,18,19). The lowest BCUT2D eigenvalue weighted by Gasteiger charge is -2.19. The van der Waals surface area contributed by atoms with E-state index in [-0.39, 0.29) is 16.9 Å². The van der Waals surface area contributed by atoms with Crippen LogP contribution in [0.15, 0.2) is 22.7 Å². The van der Waals surface area contributed by atoms with E-state index < -0.39 is 5.97 Å². The van der Waals surface area contributed by atoms with Crippen LogP contribution in [0.25, 0.3) is 11.3 Å². The number of halogens is 1. The molecule has 0 saturated heterocycles. The molecule has 0 aliphatic carbocycles. The quantitative estimate of drug-likeness (QED) is 0.911. The van der Waals surface area contributed by atoms with Crippen LogP contribution in [-0.4, -0.2) is 29.4 Å². The molecule has 22 heavy (non-hydrogen) atoms. The molecule has 0 fully saturated rings. The van der Waals surface area contributed by atoms with Gasteiger partial charge in [-0.3, -0.25) is 0 Å². The van der Waals surface area contributed by atoms with Gasteiger partial charge in [-0.1, -0.05) is 30.6 Å². The molecule has 1 aliphatic heterocycles. The zero-order valence-corrected chi connectivity index (χ0v) is 12.8. The summed E-state index contributed by atoms with van der Waals surface area (Å²) in [5.41, 5.74) is 0.206. The van der Waals surface area contributed by atoms with Gasteiger partial charge in [-0.05, 0) is 6.07 Å². The Morgan fingerprint density at radius 1 is 1.23 bits per heavy atom. The van der Waals surface area contributed by atoms with E-state index in [1.165, 1.54) is 6.07 Å². The van der Waals surface area contributed by atoms with E-state index >= 15 is 0 Å². The molecule has 2 heterocycles. The number of ether oxygens (including phenoxy) is 2. The van der Waals surface area contributed by atoms with Crippen LogP contribution in [0, 0.1) is 5.41 Å². The number of fused-ring (bicyclic) bond motifs is 1. The van der Waals surface area contributed by atoms with Crippen molar-refractivity contribution in [3.8, 4) is 22.8 Å². The minimum absolute atomic E-state index is 0.117. The van der Waals surface area contributed by atoms with Gasteiger partial charge in [0.25, 0.3) is 0 Å². The Morgan fingerprint density at radius 2 is 1.86 bits per heavy atom.